The highest BCUT2D eigenvalue weighted by Crippen LogP contribution is 2.60. The van der Waals surface area contributed by atoms with Crippen molar-refractivity contribution >= 4 is 35.1 Å². The number of ether oxygens (including phenoxy) is 2. The quantitative estimate of drug-likeness (QED) is 0.461. The van der Waals surface area contributed by atoms with Crippen molar-refractivity contribution in [3.05, 3.63) is 63.6 Å². The fourth-order valence-electron chi connectivity index (χ4n) is 6.14. The van der Waals surface area contributed by atoms with Gasteiger partial charge in [0.05, 0.1) is 12.0 Å². The number of rotatable bonds is 7. The lowest BCUT2D eigenvalue weighted by Crippen LogP contribution is -2.43. The molecule has 1 aliphatic heterocycles. The van der Waals surface area contributed by atoms with E-state index in [1.165, 1.54) is 5.56 Å². The Labute approximate surface area is 211 Å². The Morgan fingerprint density at radius 3 is 2.53 bits per heavy atom. The molecule has 2 aromatic carbocycles. The first-order chi connectivity index (χ1) is 16.3. The fraction of sp³-hybridized carbons (Fsp3) is 0.481. The average Bonchev–Trinajstić information content (AvgIpc) is 3.08. The van der Waals surface area contributed by atoms with Crippen molar-refractivity contribution in [2.45, 2.75) is 57.9 Å². The van der Waals surface area contributed by atoms with Gasteiger partial charge in [-0.05, 0) is 80.3 Å². The Kier molecular flexibility index (Phi) is 7.44. The molecule has 2 aliphatic rings. The first kappa shape index (κ1) is 24.9. The van der Waals surface area contributed by atoms with Crippen LogP contribution in [0.3, 0.4) is 0 Å². The van der Waals surface area contributed by atoms with Crippen LogP contribution < -0.4 is 10.1 Å². The molecule has 0 unspecified atom stereocenters. The topological polar surface area (TPSA) is 64.6 Å². The molecule has 2 aromatic rings. The van der Waals surface area contributed by atoms with E-state index in [9.17, 15) is 9.59 Å². The van der Waals surface area contributed by atoms with Gasteiger partial charge in [0, 0.05) is 22.0 Å². The van der Waals surface area contributed by atoms with Crippen LogP contribution in [0.25, 0.3) is 0 Å². The summed E-state index contributed by atoms with van der Waals surface area (Å²) in [6.07, 6.45) is 2.47. The largest absolute Gasteiger partial charge is 0.482 e. The number of esters is 1. The predicted molar refractivity (Wildman–Crippen MR) is 134 cm³/mol. The van der Waals surface area contributed by atoms with E-state index in [0.717, 1.165) is 24.8 Å². The van der Waals surface area contributed by atoms with Crippen LogP contribution in [0, 0.1) is 11.3 Å². The van der Waals surface area contributed by atoms with Crippen molar-refractivity contribution < 1.29 is 19.1 Å². The molecule has 5 nitrogen and oxygen atoms in total. The molecule has 0 bridgehead atoms. The standard InChI is InChI=1S/C27H31Cl2NO4/c1-4-27-13-12-21(20-11-10-19(14-22(20)29)34-15-23(31)33-5-2)24(17-6-8-18(28)9-7-17)25(27)16(3)30-26(27)32/h6-11,14,16,21,24-25H,4-5,12-13,15H2,1-3H3,(H,30,32)/t16-,21+,24+,25+,27-/m1/s1. The van der Waals surface area contributed by atoms with Crippen molar-refractivity contribution in [3.8, 4) is 5.75 Å². The van der Waals surface area contributed by atoms with E-state index in [-0.39, 0.29) is 41.7 Å². The smallest absolute Gasteiger partial charge is 0.344 e. The molecule has 2 fully saturated rings. The first-order valence-electron chi connectivity index (χ1n) is 11.9. The van der Waals surface area contributed by atoms with E-state index in [1.807, 2.05) is 24.3 Å². The minimum atomic E-state index is -0.416. The predicted octanol–water partition coefficient (Wildman–Crippen LogP) is 6.13. The number of hydrogen-bond donors (Lipinski definition) is 1. The molecular weight excluding hydrogens is 473 g/mol. The monoisotopic (exact) mass is 503 g/mol. The summed E-state index contributed by atoms with van der Waals surface area (Å²) < 4.78 is 10.5. The third-order valence-electron chi connectivity index (χ3n) is 7.63. The van der Waals surface area contributed by atoms with Crippen molar-refractivity contribution in [2.75, 3.05) is 13.2 Å². The average molecular weight is 504 g/mol. The lowest BCUT2D eigenvalue weighted by molar-refractivity contribution is -0.145. The normalized spacial score (nSPS) is 28.2. The lowest BCUT2D eigenvalue weighted by atomic mass is 9.54. The zero-order chi connectivity index (χ0) is 24.5. The molecule has 0 aromatic heterocycles. The van der Waals surface area contributed by atoms with Gasteiger partial charge < -0.3 is 14.8 Å². The van der Waals surface area contributed by atoms with Crippen LogP contribution in [0.1, 0.15) is 63.0 Å². The number of halogens is 2. The molecule has 0 radical (unpaired) electrons. The number of amides is 1. The van der Waals surface area contributed by atoms with Gasteiger partial charge in [0.15, 0.2) is 6.61 Å². The van der Waals surface area contributed by atoms with Gasteiger partial charge in [-0.2, -0.15) is 0 Å². The van der Waals surface area contributed by atoms with Gasteiger partial charge in [0.2, 0.25) is 5.91 Å². The van der Waals surface area contributed by atoms with Crippen LogP contribution in [-0.4, -0.2) is 31.1 Å². The zero-order valence-corrected chi connectivity index (χ0v) is 21.3. The van der Waals surface area contributed by atoms with Gasteiger partial charge in [0.1, 0.15) is 5.75 Å². The number of nitrogens with one attached hydrogen (secondary N) is 1. The Morgan fingerprint density at radius 1 is 1.15 bits per heavy atom. The number of fused-ring (bicyclic) bond motifs is 1. The molecule has 182 valence electrons. The highest BCUT2D eigenvalue weighted by molar-refractivity contribution is 6.31. The van der Waals surface area contributed by atoms with Gasteiger partial charge in [-0.25, -0.2) is 4.79 Å². The van der Waals surface area contributed by atoms with E-state index < -0.39 is 5.97 Å². The summed E-state index contributed by atoms with van der Waals surface area (Å²) in [4.78, 5) is 24.8. The molecule has 1 amide bonds. The minimum absolute atomic E-state index is 0.0573. The number of benzene rings is 2. The second-order valence-electron chi connectivity index (χ2n) is 9.30. The minimum Gasteiger partial charge on any atom is -0.482 e. The van der Waals surface area contributed by atoms with Gasteiger partial charge >= 0.3 is 5.97 Å². The lowest BCUT2D eigenvalue weighted by Gasteiger charge is -2.47. The van der Waals surface area contributed by atoms with E-state index >= 15 is 0 Å². The molecule has 5 atom stereocenters. The second-order valence-corrected chi connectivity index (χ2v) is 10.1. The summed E-state index contributed by atoms with van der Waals surface area (Å²) in [6, 6.07) is 13.6. The van der Waals surface area contributed by atoms with E-state index in [4.69, 9.17) is 32.7 Å². The maximum Gasteiger partial charge on any atom is 0.344 e. The molecular formula is C27H31Cl2NO4. The molecule has 7 heteroatoms. The highest BCUT2D eigenvalue weighted by Gasteiger charge is 2.59. The third-order valence-corrected chi connectivity index (χ3v) is 8.21. The van der Waals surface area contributed by atoms with Crippen LogP contribution in [0.5, 0.6) is 5.75 Å². The molecule has 0 spiro atoms. The van der Waals surface area contributed by atoms with Crippen LogP contribution in [0.15, 0.2) is 42.5 Å². The molecule has 4 rings (SSSR count). The maximum absolute atomic E-state index is 13.1. The third kappa shape index (κ3) is 4.52. The number of hydrogen-bond acceptors (Lipinski definition) is 4. The summed E-state index contributed by atoms with van der Waals surface area (Å²) in [6.45, 7) is 6.14. The van der Waals surface area contributed by atoms with Crippen LogP contribution in [-0.2, 0) is 14.3 Å². The molecule has 34 heavy (non-hydrogen) atoms. The van der Waals surface area contributed by atoms with Gasteiger partial charge in [0.25, 0.3) is 0 Å². The Morgan fingerprint density at radius 2 is 1.88 bits per heavy atom. The summed E-state index contributed by atoms with van der Waals surface area (Å²) >= 11 is 13.0. The molecule has 1 heterocycles. The van der Waals surface area contributed by atoms with Crippen LogP contribution >= 0.6 is 23.2 Å². The second kappa shape index (κ2) is 10.2. The van der Waals surface area contributed by atoms with Gasteiger partial charge in [-0.15, -0.1) is 0 Å². The number of carbonyl (C=O) groups excluding carboxylic acids is 2. The fourth-order valence-corrected chi connectivity index (χ4v) is 6.57. The zero-order valence-electron chi connectivity index (χ0n) is 19.8. The van der Waals surface area contributed by atoms with Crippen molar-refractivity contribution in [3.63, 3.8) is 0 Å². The molecule has 1 saturated heterocycles. The van der Waals surface area contributed by atoms with Crippen LogP contribution in [0.4, 0.5) is 0 Å². The van der Waals surface area contributed by atoms with E-state index in [1.54, 1.807) is 13.0 Å². The molecule has 1 aliphatic carbocycles. The summed E-state index contributed by atoms with van der Waals surface area (Å²) in [5, 5.41) is 4.52. The molecule has 1 saturated carbocycles. The number of carbonyl (C=O) groups is 2. The maximum atomic E-state index is 13.1. The summed E-state index contributed by atoms with van der Waals surface area (Å²) in [7, 11) is 0. The Hall–Kier alpha value is -2.24. The highest BCUT2D eigenvalue weighted by atomic mass is 35.5. The molecule has 1 N–H and O–H groups in total. The summed E-state index contributed by atoms with van der Waals surface area (Å²) in [5.74, 6) is 0.645. The van der Waals surface area contributed by atoms with Crippen LogP contribution in [0.2, 0.25) is 10.0 Å². The van der Waals surface area contributed by atoms with Crippen molar-refractivity contribution in [1.82, 2.24) is 5.32 Å². The first-order valence-corrected chi connectivity index (χ1v) is 12.7. The van der Waals surface area contributed by atoms with Gasteiger partial charge in [-0.1, -0.05) is 48.3 Å². The van der Waals surface area contributed by atoms with Crippen molar-refractivity contribution in [2.24, 2.45) is 11.3 Å². The summed E-state index contributed by atoms with van der Waals surface area (Å²) in [5.41, 5.74) is 1.82. The van der Waals surface area contributed by atoms with Gasteiger partial charge in [-0.3, -0.25) is 4.79 Å². The van der Waals surface area contributed by atoms with E-state index in [0.29, 0.717) is 22.4 Å². The SMILES string of the molecule is CCOC(=O)COc1ccc([C@@H]2CC[C@@]3(CC)C(=O)N[C@H](C)[C@H]3[C@H]2c2ccc(Cl)cc2)c(Cl)c1. The Balaban J connectivity index is 1.70. The van der Waals surface area contributed by atoms with E-state index in [2.05, 4.69) is 31.3 Å². The Bertz CT molecular complexity index is 1060. The van der Waals surface area contributed by atoms with Crippen molar-refractivity contribution in [1.29, 1.82) is 0 Å².